The van der Waals surface area contributed by atoms with Crippen molar-refractivity contribution in [2.75, 3.05) is 0 Å². The van der Waals surface area contributed by atoms with E-state index in [2.05, 4.69) is 34.2 Å². The summed E-state index contributed by atoms with van der Waals surface area (Å²) in [6, 6.07) is 4.21. The van der Waals surface area contributed by atoms with Crippen molar-refractivity contribution in [2.24, 2.45) is 0 Å². The minimum absolute atomic E-state index is 0.897. The fourth-order valence-electron chi connectivity index (χ4n) is 1.50. The van der Waals surface area contributed by atoms with Gasteiger partial charge in [0.25, 0.3) is 0 Å². The minimum Gasteiger partial charge on any atom is -0.342 e. The first-order valence-electron chi connectivity index (χ1n) is 4.61. The second kappa shape index (κ2) is 3.17. The average Bonchev–Trinajstić information content (AvgIpc) is 2.46. The third-order valence-corrected chi connectivity index (χ3v) is 2.07. The molecule has 0 saturated carbocycles. The van der Waals surface area contributed by atoms with Crippen LogP contribution in [-0.4, -0.2) is 15.2 Å². The lowest BCUT2D eigenvalue weighted by Crippen LogP contribution is -1.86. The summed E-state index contributed by atoms with van der Waals surface area (Å²) in [4.78, 5) is 3.25. The summed E-state index contributed by atoms with van der Waals surface area (Å²) in [5.74, 6) is 0. The molecule has 2 aromatic rings. The zero-order chi connectivity index (χ0) is 9.26. The zero-order valence-electron chi connectivity index (χ0n) is 7.96. The molecule has 0 saturated heterocycles. The number of aromatic amines is 1. The topological polar surface area (TPSA) is 41.6 Å². The van der Waals surface area contributed by atoms with Gasteiger partial charge in [0.05, 0.1) is 5.69 Å². The van der Waals surface area contributed by atoms with E-state index < -0.39 is 0 Å². The van der Waals surface area contributed by atoms with Gasteiger partial charge in [0, 0.05) is 11.1 Å². The van der Waals surface area contributed by atoms with E-state index in [0.717, 1.165) is 29.6 Å². The van der Waals surface area contributed by atoms with Crippen molar-refractivity contribution in [1.29, 1.82) is 0 Å². The molecule has 0 bridgehead atoms. The van der Waals surface area contributed by atoms with E-state index in [9.17, 15) is 0 Å². The Bertz CT molecular complexity index is 417. The first-order chi connectivity index (χ1) is 6.29. The molecule has 0 radical (unpaired) electrons. The number of aromatic nitrogens is 3. The van der Waals surface area contributed by atoms with E-state index in [-0.39, 0.29) is 0 Å². The van der Waals surface area contributed by atoms with Crippen LogP contribution in [0.1, 0.15) is 24.7 Å². The Kier molecular flexibility index (Phi) is 2.00. The fraction of sp³-hybridized carbons (Fsp3) is 0.400. The van der Waals surface area contributed by atoms with Gasteiger partial charge in [0.2, 0.25) is 0 Å². The van der Waals surface area contributed by atoms with Crippen LogP contribution in [0.5, 0.6) is 0 Å². The molecular weight excluding hydrogens is 162 g/mol. The molecule has 0 atom stereocenters. The molecule has 0 amide bonds. The Morgan fingerprint density at radius 2 is 2.15 bits per heavy atom. The van der Waals surface area contributed by atoms with Crippen LogP contribution in [0.4, 0.5) is 0 Å². The van der Waals surface area contributed by atoms with E-state index in [0.29, 0.717) is 0 Å². The van der Waals surface area contributed by atoms with Crippen LogP contribution < -0.4 is 0 Å². The maximum Gasteiger partial charge on any atom is 0.160 e. The van der Waals surface area contributed by atoms with Crippen molar-refractivity contribution >= 4 is 11.0 Å². The van der Waals surface area contributed by atoms with Gasteiger partial charge in [-0.15, -0.1) is 5.10 Å². The highest BCUT2D eigenvalue weighted by atomic mass is 15.1. The average molecular weight is 175 g/mol. The molecule has 2 heterocycles. The molecule has 0 aromatic carbocycles. The Hall–Kier alpha value is -1.38. The molecule has 0 aliphatic rings. The van der Waals surface area contributed by atoms with E-state index in [1.807, 2.05) is 6.92 Å². The van der Waals surface area contributed by atoms with Crippen molar-refractivity contribution in [3.8, 4) is 0 Å². The molecule has 13 heavy (non-hydrogen) atoms. The second-order valence-corrected chi connectivity index (χ2v) is 3.33. The van der Waals surface area contributed by atoms with Gasteiger partial charge in [-0.25, -0.2) is 0 Å². The van der Waals surface area contributed by atoms with Crippen LogP contribution in [0.25, 0.3) is 11.0 Å². The lowest BCUT2D eigenvalue weighted by molar-refractivity contribution is 0.892. The number of rotatable bonds is 2. The van der Waals surface area contributed by atoms with E-state index >= 15 is 0 Å². The highest BCUT2D eigenvalue weighted by molar-refractivity contribution is 5.76. The standard InChI is InChI=1S/C10H13N3/c1-3-4-9-6-8-5-7(2)12-13-10(8)11-9/h5-6H,3-4H2,1-2H3,(H,11,13). The quantitative estimate of drug-likeness (QED) is 0.760. The van der Waals surface area contributed by atoms with Crippen molar-refractivity contribution in [1.82, 2.24) is 15.2 Å². The van der Waals surface area contributed by atoms with Crippen LogP contribution >= 0.6 is 0 Å². The Balaban J connectivity index is 2.49. The van der Waals surface area contributed by atoms with Crippen molar-refractivity contribution in [3.05, 3.63) is 23.5 Å². The number of nitrogens with one attached hydrogen (secondary N) is 1. The van der Waals surface area contributed by atoms with Crippen LogP contribution in [0.3, 0.4) is 0 Å². The largest absolute Gasteiger partial charge is 0.342 e. The first kappa shape index (κ1) is 8.23. The molecule has 0 aliphatic heterocycles. The Morgan fingerprint density at radius 1 is 1.31 bits per heavy atom. The van der Waals surface area contributed by atoms with Crippen LogP contribution in [0.15, 0.2) is 12.1 Å². The number of nitrogens with zero attached hydrogens (tertiary/aromatic N) is 2. The van der Waals surface area contributed by atoms with Gasteiger partial charge in [-0.05, 0) is 25.5 Å². The molecule has 0 fully saturated rings. The second-order valence-electron chi connectivity index (χ2n) is 3.33. The highest BCUT2D eigenvalue weighted by Crippen LogP contribution is 2.13. The molecule has 3 nitrogen and oxygen atoms in total. The molecule has 0 spiro atoms. The normalized spacial score (nSPS) is 10.9. The molecule has 2 rings (SSSR count). The fourth-order valence-corrected chi connectivity index (χ4v) is 1.50. The number of H-pyrrole nitrogens is 1. The summed E-state index contributed by atoms with van der Waals surface area (Å²) in [5.41, 5.74) is 3.11. The Morgan fingerprint density at radius 3 is 2.92 bits per heavy atom. The van der Waals surface area contributed by atoms with Gasteiger partial charge < -0.3 is 4.98 Å². The summed E-state index contributed by atoms with van der Waals surface area (Å²) >= 11 is 0. The highest BCUT2D eigenvalue weighted by Gasteiger charge is 2.01. The molecule has 2 aromatic heterocycles. The Labute approximate surface area is 77.2 Å². The molecule has 68 valence electrons. The first-order valence-corrected chi connectivity index (χ1v) is 4.61. The van der Waals surface area contributed by atoms with E-state index in [1.54, 1.807) is 0 Å². The van der Waals surface area contributed by atoms with Crippen LogP contribution in [-0.2, 0) is 6.42 Å². The number of hydrogen-bond acceptors (Lipinski definition) is 2. The van der Waals surface area contributed by atoms with Gasteiger partial charge in [-0.3, -0.25) is 0 Å². The lowest BCUT2D eigenvalue weighted by atomic mass is 10.2. The molecule has 1 N–H and O–H groups in total. The van der Waals surface area contributed by atoms with E-state index in [4.69, 9.17) is 0 Å². The molecule has 3 heteroatoms. The van der Waals surface area contributed by atoms with Crippen LogP contribution in [0.2, 0.25) is 0 Å². The third kappa shape index (κ3) is 1.54. The van der Waals surface area contributed by atoms with Gasteiger partial charge in [0.15, 0.2) is 5.65 Å². The van der Waals surface area contributed by atoms with Gasteiger partial charge >= 0.3 is 0 Å². The maximum atomic E-state index is 4.08. The summed E-state index contributed by atoms with van der Waals surface area (Å²) in [6.45, 7) is 4.13. The summed E-state index contributed by atoms with van der Waals surface area (Å²) in [6.07, 6.45) is 2.23. The maximum absolute atomic E-state index is 4.08. The summed E-state index contributed by atoms with van der Waals surface area (Å²) in [5, 5.41) is 9.24. The molecule has 0 unspecified atom stereocenters. The van der Waals surface area contributed by atoms with Gasteiger partial charge in [-0.1, -0.05) is 13.3 Å². The molecular formula is C10H13N3. The van der Waals surface area contributed by atoms with Crippen LogP contribution in [0, 0.1) is 6.92 Å². The van der Waals surface area contributed by atoms with Crippen molar-refractivity contribution < 1.29 is 0 Å². The SMILES string of the molecule is CCCc1cc2cc(C)nnc2[nH]1. The van der Waals surface area contributed by atoms with Crippen molar-refractivity contribution in [2.45, 2.75) is 26.7 Å². The van der Waals surface area contributed by atoms with Gasteiger partial charge in [0.1, 0.15) is 0 Å². The molecule has 0 aliphatic carbocycles. The summed E-state index contributed by atoms with van der Waals surface area (Å²) < 4.78 is 0. The van der Waals surface area contributed by atoms with E-state index in [1.165, 1.54) is 5.69 Å². The minimum atomic E-state index is 0.897. The summed E-state index contributed by atoms with van der Waals surface area (Å²) in [7, 11) is 0. The predicted molar refractivity (Wildman–Crippen MR) is 52.6 cm³/mol. The number of aryl methyl sites for hydroxylation is 2. The third-order valence-electron chi connectivity index (χ3n) is 2.07. The predicted octanol–water partition coefficient (Wildman–Crippen LogP) is 2.22. The monoisotopic (exact) mass is 175 g/mol. The van der Waals surface area contributed by atoms with Gasteiger partial charge in [-0.2, -0.15) is 5.10 Å². The van der Waals surface area contributed by atoms with Crippen molar-refractivity contribution in [3.63, 3.8) is 0 Å². The number of fused-ring (bicyclic) bond motifs is 1. The number of hydrogen-bond donors (Lipinski definition) is 1. The smallest absolute Gasteiger partial charge is 0.160 e. The lowest BCUT2D eigenvalue weighted by Gasteiger charge is -1.89. The zero-order valence-corrected chi connectivity index (χ0v) is 7.96.